The lowest BCUT2D eigenvalue weighted by molar-refractivity contribution is -0.852. The summed E-state index contributed by atoms with van der Waals surface area (Å²) in [6, 6.07) is 9.17. The van der Waals surface area contributed by atoms with E-state index >= 15 is 4.79 Å². The van der Waals surface area contributed by atoms with Gasteiger partial charge in [0.15, 0.2) is 11.0 Å². The Morgan fingerprint density at radius 1 is 1.10 bits per heavy atom. The molecule has 0 radical (unpaired) electrons. The Bertz CT molecular complexity index is 2790. The second-order valence-electron chi connectivity index (χ2n) is 18.2. The van der Waals surface area contributed by atoms with Crippen LogP contribution in [0.2, 0.25) is 0 Å². The molecule has 6 bridgehead atoms. The molecular weight excluding hydrogens is 839 g/mol. The number of aromatic hydroxyl groups is 1. The quantitative estimate of drug-likeness (QED) is 0.0799. The first-order chi connectivity index (χ1) is 30.4. The summed E-state index contributed by atoms with van der Waals surface area (Å²) in [7, 11) is 5.26. The van der Waals surface area contributed by atoms with Crippen molar-refractivity contribution in [3.8, 4) is 22.8 Å². The zero-order valence-electron chi connectivity index (χ0n) is 35.3. The van der Waals surface area contributed by atoms with E-state index in [0.29, 0.717) is 79.0 Å². The van der Waals surface area contributed by atoms with Crippen LogP contribution in [0.1, 0.15) is 60.2 Å². The average Bonchev–Trinajstić information content (AvgIpc) is 3.58. The van der Waals surface area contributed by atoms with Crippen LogP contribution in [-0.2, 0) is 33.0 Å². The fraction of sp³-hybridized carbons (Fsp3) is 0.426. The highest BCUT2D eigenvalue weighted by Crippen LogP contribution is 2.60. The lowest BCUT2D eigenvalue weighted by Gasteiger charge is -2.49. The molecule has 2 saturated heterocycles. The van der Waals surface area contributed by atoms with Crippen LogP contribution in [-0.4, -0.2) is 76.6 Å². The highest BCUT2D eigenvalue weighted by Gasteiger charge is 2.70. The predicted octanol–water partition coefficient (Wildman–Crippen LogP) is 4.92. The fourth-order valence-electron chi connectivity index (χ4n) is 11.2. The molecule has 7 N–H and O–H groups in total. The fourth-order valence-corrected chi connectivity index (χ4v) is 13.5. The van der Waals surface area contributed by atoms with Crippen molar-refractivity contribution in [2.75, 3.05) is 37.4 Å². The van der Waals surface area contributed by atoms with E-state index in [1.165, 1.54) is 16.5 Å². The summed E-state index contributed by atoms with van der Waals surface area (Å²) in [6.07, 6.45) is 11.4. The average molecular weight is 889 g/mol. The van der Waals surface area contributed by atoms with Gasteiger partial charge in [0.1, 0.15) is 76.6 Å². The molecule has 8 aliphatic rings. The molecule has 7 aliphatic heterocycles. The van der Waals surface area contributed by atoms with Crippen molar-refractivity contribution < 1.29 is 33.4 Å². The number of quaternary nitrogens is 1. The third-order valence-corrected chi connectivity index (χ3v) is 16.5. The molecule has 3 aromatic heterocycles. The van der Waals surface area contributed by atoms with E-state index in [4.69, 9.17) is 40.1 Å². The number of aryl methyl sites for hydroxylation is 2. The molecule has 9 atom stereocenters. The van der Waals surface area contributed by atoms with Crippen LogP contribution in [0.3, 0.4) is 0 Å². The highest BCUT2D eigenvalue weighted by atomic mass is 33.1. The Balaban J connectivity index is 1.01. The Kier molecular flexibility index (Phi) is 9.84. The number of carbonyl (C=O) groups excluding carboxylic acids is 1. The number of ether oxygens (including phenoxy) is 3. The summed E-state index contributed by atoms with van der Waals surface area (Å²) in [5.74, 6) is 1.28. The van der Waals surface area contributed by atoms with Gasteiger partial charge in [-0.05, 0) is 88.4 Å². The van der Waals surface area contributed by atoms with Crippen LogP contribution >= 0.6 is 21.6 Å². The largest absolute Gasteiger partial charge is 0.507 e. The SMILES string of the molecule is CNCC1CC2C=CC1C1c3c(cc4oc(C)cc(=O)c4c3O)OC3(C)CCSSCc4c(cc(C[NH+]5C=C6N=CC=C6C5)nc4N)-c4cc(cc(N)n4)CCC4OC24C(=O)OC13. The number of phenolic OH excluding ortho intramolecular Hbond substituents is 1. The molecule has 1 aromatic carbocycles. The van der Waals surface area contributed by atoms with Crippen LogP contribution in [0, 0.1) is 24.7 Å². The Morgan fingerprint density at radius 2 is 1.97 bits per heavy atom. The Labute approximate surface area is 372 Å². The van der Waals surface area contributed by atoms with Gasteiger partial charge in [-0.25, -0.2) is 14.8 Å². The molecule has 0 saturated carbocycles. The number of nitrogens with two attached hydrogens (primary N) is 2. The number of hydrogen-bond acceptors (Lipinski definition) is 15. The highest BCUT2D eigenvalue weighted by molar-refractivity contribution is 8.76. The number of aromatic nitrogens is 2. The van der Waals surface area contributed by atoms with Gasteiger partial charge in [-0.15, -0.1) is 0 Å². The number of hydrogen-bond donors (Lipinski definition) is 5. The molecule has 12 rings (SSSR count). The van der Waals surface area contributed by atoms with Gasteiger partial charge in [-0.1, -0.05) is 33.7 Å². The summed E-state index contributed by atoms with van der Waals surface area (Å²) in [5, 5.41) is 15.7. The van der Waals surface area contributed by atoms with Crippen molar-refractivity contribution in [3.05, 3.63) is 104 Å². The molecule has 9 unspecified atom stereocenters. The number of phenols is 1. The van der Waals surface area contributed by atoms with Crippen LogP contribution in [0.4, 0.5) is 11.6 Å². The van der Waals surface area contributed by atoms with Crippen LogP contribution in [0.5, 0.6) is 11.5 Å². The standard InChI is InChI=1S/C47H49N7O7S2/c1-23-12-34(55)40-35(58-23)17-36-41(42(40)56)39-29-6-5-27(15-26(29)18-50-3)47-37(61-47)7-4-24-13-32(53-38(48)14-24)30-16-28(20-54-19-25-8-10-51-33(25)21-54)52-44(49)31(30)22-63-62-11-9-46(2,60-36)43(39)59-45(47)57/h5-6,8,10,12-14,16-17,21,26-27,29,37,39,43,50,56H,4,7,9,11,15,18-20,22H2,1-3H3,(H2,48,53)(H2,49,52)/p+1. The monoisotopic (exact) mass is 888 g/mol. The molecule has 10 heterocycles. The summed E-state index contributed by atoms with van der Waals surface area (Å²) in [6.45, 7) is 5.82. The van der Waals surface area contributed by atoms with Crippen molar-refractivity contribution in [3.63, 3.8) is 0 Å². The molecule has 1 spiro atoms. The van der Waals surface area contributed by atoms with E-state index in [2.05, 4.69) is 46.9 Å². The summed E-state index contributed by atoms with van der Waals surface area (Å²) in [5.41, 5.74) is 18.1. The minimum absolute atomic E-state index is 0.0337. The number of nitrogens with zero attached hydrogens (tertiary/aromatic N) is 3. The number of nitrogen functional groups attached to an aromatic ring is 2. The van der Waals surface area contributed by atoms with Crippen molar-refractivity contribution >= 4 is 56.4 Å². The topological polar surface area (TPSA) is 205 Å². The normalized spacial score (nSPS) is 31.5. The third kappa shape index (κ3) is 6.78. The Morgan fingerprint density at radius 3 is 2.81 bits per heavy atom. The number of rotatable bonds is 4. The van der Waals surface area contributed by atoms with Gasteiger partial charge >= 0.3 is 5.97 Å². The van der Waals surface area contributed by atoms with Crippen molar-refractivity contribution in [1.29, 1.82) is 0 Å². The Hall–Kier alpha value is -5.13. The van der Waals surface area contributed by atoms with E-state index in [1.54, 1.807) is 34.6 Å². The number of carbonyl (C=O) groups is 1. The maximum Gasteiger partial charge on any atom is 0.342 e. The van der Waals surface area contributed by atoms with Crippen LogP contribution < -0.4 is 31.8 Å². The number of esters is 1. The van der Waals surface area contributed by atoms with Crippen molar-refractivity contribution in [2.45, 2.75) is 81.2 Å². The van der Waals surface area contributed by atoms with Gasteiger partial charge in [0.2, 0.25) is 0 Å². The number of epoxide rings is 1. The summed E-state index contributed by atoms with van der Waals surface area (Å²) >= 11 is 0. The van der Waals surface area contributed by atoms with E-state index in [-0.39, 0.29) is 39.9 Å². The van der Waals surface area contributed by atoms with Crippen molar-refractivity contribution in [1.82, 2.24) is 15.3 Å². The predicted molar refractivity (Wildman–Crippen MR) is 243 cm³/mol. The first-order valence-corrected chi connectivity index (χ1v) is 24.2. The molecule has 16 heteroatoms. The second kappa shape index (κ2) is 15.3. The third-order valence-electron chi connectivity index (χ3n) is 14.2. The smallest absolute Gasteiger partial charge is 0.342 e. The lowest BCUT2D eigenvalue weighted by Crippen LogP contribution is -3.04. The maximum absolute atomic E-state index is 15.0. The molecule has 326 valence electrons. The maximum atomic E-state index is 15.0. The zero-order chi connectivity index (χ0) is 43.4. The number of fused-ring (bicyclic) bond motifs is 8. The molecule has 14 nitrogen and oxygen atoms in total. The van der Waals surface area contributed by atoms with E-state index < -0.39 is 35.3 Å². The summed E-state index contributed by atoms with van der Waals surface area (Å²) in [4.78, 5) is 44.0. The van der Waals surface area contributed by atoms with E-state index in [9.17, 15) is 9.90 Å². The number of pyridine rings is 2. The van der Waals surface area contributed by atoms with Gasteiger partial charge in [0.05, 0.1) is 17.5 Å². The van der Waals surface area contributed by atoms with Crippen LogP contribution in [0.15, 0.2) is 80.2 Å². The number of anilines is 2. The van der Waals surface area contributed by atoms with E-state index in [0.717, 1.165) is 40.3 Å². The molecule has 4 aromatic rings. The van der Waals surface area contributed by atoms with Crippen LogP contribution in [0.25, 0.3) is 22.2 Å². The van der Waals surface area contributed by atoms with Gasteiger partial charge < -0.3 is 40.5 Å². The number of nitrogens with one attached hydrogen (secondary N) is 2. The van der Waals surface area contributed by atoms with E-state index in [1.807, 2.05) is 26.3 Å². The van der Waals surface area contributed by atoms with Gasteiger partial charge in [0.25, 0.3) is 0 Å². The first-order valence-electron chi connectivity index (χ1n) is 21.7. The number of aliphatic imine (C=N–C) groups is 1. The number of benzene rings is 1. The lowest BCUT2D eigenvalue weighted by atomic mass is 9.64. The summed E-state index contributed by atoms with van der Waals surface area (Å²) < 4.78 is 26.5. The van der Waals surface area contributed by atoms with Crippen molar-refractivity contribution in [2.24, 2.45) is 22.7 Å². The van der Waals surface area contributed by atoms with Gasteiger partial charge in [0, 0.05) is 70.4 Å². The minimum atomic E-state index is -1.21. The molecule has 63 heavy (non-hydrogen) atoms. The minimum Gasteiger partial charge on any atom is -0.507 e. The molecule has 1 aliphatic carbocycles. The first kappa shape index (κ1) is 40.6. The molecule has 2 fully saturated rings. The second-order valence-corrected chi connectivity index (χ2v) is 20.8. The van der Waals surface area contributed by atoms with Gasteiger partial charge in [-0.2, -0.15) is 0 Å². The molecular formula is C47H50N7O7S2+. The number of allylic oxidation sites excluding steroid dienone is 2. The molecule has 0 amide bonds. The zero-order valence-corrected chi connectivity index (χ0v) is 36.9. The van der Waals surface area contributed by atoms with Gasteiger partial charge in [-0.3, -0.25) is 14.7 Å².